The highest BCUT2D eigenvalue weighted by Gasteiger charge is 2.45. The first kappa shape index (κ1) is 15.5. The van der Waals surface area contributed by atoms with Gasteiger partial charge in [-0.05, 0) is 36.8 Å². The molecule has 1 saturated heterocycles. The lowest BCUT2D eigenvalue weighted by Gasteiger charge is -2.15. The van der Waals surface area contributed by atoms with Crippen LogP contribution in [0.15, 0.2) is 35.2 Å². The number of likely N-dealkylation sites (tertiary alicyclic amines) is 1. The summed E-state index contributed by atoms with van der Waals surface area (Å²) < 4.78 is 24.6. The van der Waals surface area contributed by atoms with E-state index in [4.69, 9.17) is 0 Å². The maximum atomic E-state index is 12.3. The fourth-order valence-electron chi connectivity index (χ4n) is 3.35. The number of hydrogen-bond acceptors (Lipinski definition) is 4. The van der Waals surface area contributed by atoms with Crippen molar-refractivity contribution in [2.45, 2.75) is 17.7 Å². The Hall–Kier alpha value is -1.40. The first-order valence-electron chi connectivity index (χ1n) is 7.70. The van der Waals surface area contributed by atoms with Crippen LogP contribution >= 0.6 is 0 Å². The van der Waals surface area contributed by atoms with Crippen LogP contribution in [0.3, 0.4) is 0 Å². The normalized spacial score (nSPS) is 26.2. The largest absolute Gasteiger partial charge is 0.481 e. The molecule has 1 heterocycles. The lowest BCUT2D eigenvalue weighted by atomic mass is 9.92. The fourth-order valence-corrected chi connectivity index (χ4v) is 4.66. The fraction of sp³-hybridized carbons (Fsp3) is 0.562. The molecule has 1 saturated carbocycles. The minimum Gasteiger partial charge on any atom is -0.481 e. The van der Waals surface area contributed by atoms with Gasteiger partial charge in [0.05, 0.1) is 16.6 Å². The van der Waals surface area contributed by atoms with E-state index in [-0.39, 0.29) is 17.6 Å². The van der Waals surface area contributed by atoms with E-state index < -0.39 is 15.8 Å². The van der Waals surface area contributed by atoms with Crippen molar-refractivity contribution in [1.82, 2.24) is 4.90 Å². The van der Waals surface area contributed by atoms with E-state index in [1.807, 2.05) is 4.90 Å². The van der Waals surface area contributed by atoms with Crippen LogP contribution < -0.4 is 0 Å². The summed E-state index contributed by atoms with van der Waals surface area (Å²) in [5.41, 5.74) is 0. The third-order valence-electron chi connectivity index (χ3n) is 4.76. The van der Waals surface area contributed by atoms with Crippen LogP contribution in [0.1, 0.15) is 12.8 Å². The van der Waals surface area contributed by atoms with Gasteiger partial charge in [0.1, 0.15) is 0 Å². The van der Waals surface area contributed by atoms with E-state index in [1.54, 1.807) is 30.3 Å². The van der Waals surface area contributed by atoms with Crippen LogP contribution in [-0.2, 0) is 14.6 Å². The minimum absolute atomic E-state index is 0.0424. The van der Waals surface area contributed by atoms with Crippen LogP contribution in [-0.4, -0.2) is 49.8 Å². The number of hydrogen-bond donors (Lipinski definition) is 1. The summed E-state index contributed by atoms with van der Waals surface area (Å²) in [6.45, 7) is 1.59. The molecule has 0 radical (unpaired) electrons. The number of carboxylic acids is 1. The molecule has 2 unspecified atom stereocenters. The molecule has 0 spiro atoms. The zero-order valence-electron chi connectivity index (χ0n) is 12.4. The number of aliphatic carboxylic acids is 1. The lowest BCUT2D eigenvalue weighted by molar-refractivity contribution is -0.142. The van der Waals surface area contributed by atoms with Crippen LogP contribution in [0, 0.1) is 17.8 Å². The molecule has 2 aliphatic rings. The van der Waals surface area contributed by atoms with E-state index in [2.05, 4.69) is 0 Å². The Balaban J connectivity index is 1.61. The number of nitrogens with zero attached hydrogens (tertiary/aromatic N) is 1. The van der Waals surface area contributed by atoms with E-state index in [1.165, 1.54) is 0 Å². The summed E-state index contributed by atoms with van der Waals surface area (Å²) in [7, 11) is -3.30. The zero-order chi connectivity index (χ0) is 15.7. The topological polar surface area (TPSA) is 74.7 Å². The zero-order valence-corrected chi connectivity index (χ0v) is 13.2. The molecule has 6 heteroatoms. The predicted octanol–water partition coefficient (Wildman–Crippen LogP) is 1.50. The van der Waals surface area contributed by atoms with Gasteiger partial charge >= 0.3 is 5.97 Å². The van der Waals surface area contributed by atoms with E-state index >= 15 is 0 Å². The quantitative estimate of drug-likeness (QED) is 0.859. The van der Waals surface area contributed by atoms with Crippen molar-refractivity contribution >= 4 is 15.8 Å². The molecule has 120 valence electrons. The number of rotatable bonds is 6. The molecule has 1 aliphatic carbocycles. The maximum absolute atomic E-state index is 12.3. The molecule has 1 aromatic rings. The van der Waals surface area contributed by atoms with E-state index in [0.29, 0.717) is 30.4 Å². The van der Waals surface area contributed by atoms with Crippen molar-refractivity contribution in [2.75, 3.05) is 25.4 Å². The lowest BCUT2D eigenvalue weighted by Crippen LogP contribution is -2.28. The van der Waals surface area contributed by atoms with Gasteiger partial charge in [0, 0.05) is 19.6 Å². The van der Waals surface area contributed by atoms with Crippen LogP contribution in [0.4, 0.5) is 0 Å². The summed E-state index contributed by atoms with van der Waals surface area (Å²) in [6.07, 6.45) is 2.23. The second-order valence-corrected chi connectivity index (χ2v) is 8.45. The summed E-state index contributed by atoms with van der Waals surface area (Å²) in [6, 6.07) is 8.43. The van der Waals surface area contributed by atoms with Gasteiger partial charge in [0.25, 0.3) is 0 Å². The molecule has 0 bridgehead atoms. The number of carboxylic acid groups (broad SMARTS) is 1. The minimum atomic E-state index is -3.30. The first-order chi connectivity index (χ1) is 10.5. The smallest absolute Gasteiger partial charge is 0.308 e. The molecular formula is C16H21NO4S. The first-order valence-corrected chi connectivity index (χ1v) is 9.35. The summed E-state index contributed by atoms with van der Waals surface area (Å²) >= 11 is 0. The van der Waals surface area contributed by atoms with Crippen molar-refractivity contribution in [1.29, 1.82) is 0 Å². The molecule has 0 amide bonds. The van der Waals surface area contributed by atoms with Crippen molar-refractivity contribution in [3.8, 4) is 0 Å². The average molecular weight is 323 g/mol. The number of benzene rings is 1. The average Bonchev–Trinajstić information content (AvgIpc) is 3.25. The predicted molar refractivity (Wildman–Crippen MR) is 82.3 cm³/mol. The van der Waals surface area contributed by atoms with Gasteiger partial charge in [-0.3, -0.25) is 4.79 Å². The van der Waals surface area contributed by atoms with Crippen LogP contribution in [0.5, 0.6) is 0 Å². The number of sulfone groups is 1. The number of carbonyl (C=O) groups is 1. The van der Waals surface area contributed by atoms with Crippen LogP contribution in [0.25, 0.3) is 0 Å². The molecule has 0 aromatic heterocycles. The Morgan fingerprint density at radius 2 is 1.86 bits per heavy atom. The van der Waals surface area contributed by atoms with Gasteiger partial charge in [-0.15, -0.1) is 0 Å². The van der Waals surface area contributed by atoms with Gasteiger partial charge in [-0.2, -0.15) is 0 Å². The molecule has 2 fully saturated rings. The Labute approximate surface area is 130 Å². The second-order valence-electron chi connectivity index (χ2n) is 6.34. The molecule has 2 atom stereocenters. The summed E-state index contributed by atoms with van der Waals surface area (Å²) in [4.78, 5) is 13.7. The molecular weight excluding hydrogens is 302 g/mol. The maximum Gasteiger partial charge on any atom is 0.308 e. The third kappa shape index (κ3) is 3.33. The molecule has 22 heavy (non-hydrogen) atoms. The molecule has 1 N–H and O–H groups in total. The van der Waals surface area contributed by atoms with Gasteiger partial charge in [0.15, 0.2) is 9.84 Å². The van der Waals surface area contributed by atoms with Gasteiger partial charge in [0.2, 0.25) is 0 Å². The Bertz CT molecular complexity index is 639. The van der Waals surface area contributed by atoms with Crippen molar-refractivity contribution in [3.63, 3.8) is 0 Å². The van der Waals surface area contributed by atoms with Gasteiger partial charge in [-0.1, -0.05) is 18.2 Å². The summed E-state index contributed by atoms with van der Waals surface area (Å²) in [5, 5.41) is 9.34. The Morgan fingerprint density at radius 1 is 1.18 bits per heavy atom. The standard InChI is InChI=1S/C16H21NO4S/c18-16(19)15-11-17(10-14(15)12-6-7-12)8-9-22(20,21)13-4-2-1-3-5-13/h1-5,12,14-15H,6-11H2,(H,18,19). The van der Waals surface area contributed by atoms with Gasteiger partial charge in [-0.25, -0.2) is 8.42 Å². The SMILES string of the molecule is O=C(O)C1CN(CCS(=O)(=O)c2ccccc2)CC1C1CC1. The summed E-state index contributed by atoms with van der Waals surface area (Å²) in [5.74, 6) is -0.327. The van der Waals surface area contributed by atoms with Gasteiger partial charge < -0.3 is 10.0 Å². The highest BCUT2D eigenvalue weighted by Crippen LogP contribution is 2.44. The highest BCUT2D eigenvalue weighted by molar-refractivity contribution is 7.91. The van der Waals surface area contributed by atoms with E-state index in [9.17, 15) is 18.3 Å². The monoisotopic (exact) mass is 323 g/mol. The Kier molecular flexibility index (Phi) is 4.23. The molecule has 3 rings (SSSR count). The molecule has 1 aromatic carbocycles. The molecule has 5 nitrogen and oxygen atoms in total. The van der Waals surface area contributed by atoms with Crippen LogP contribution in [0.2, 0.25) is 0 Å². The molecule has 1 aliphatic heterocycles. The highest BCUT2D eigenvalue weighted by atomic mass is 32.2. The van der Waals surface area contributed by atoms with E-state index in [0.717, 1.165) is 12.8 Å². The Morgan fingerprint density at radius 3 is 2.45 bits per heavy atom. The van der Waals surface area contributed by atoms with Crippen molar-refractivity contribution in [3.05, 3.63) is 30.3 Å². The second kappa shape index (κ2) is 6.01. The van der Waals surface area contributed by atoms with Crippen molar-refractivity contribution < 1.29 is 18.3 Å². The third-order valence-corrected chi connectivity index (χ3v) is 6.47. The van der Waals surface area contributed by atoms with Crippen molar-refractivity contribution in [2.24, 2.45) is 17.8 Å².